The molecule has 0 atom stereocenters. The largest absolute Gasteiger partial charge is 0.481 e. The minimum Gasteiger partial charge on any atom is -0.481 e. The van der Waals surface area contributed by atoms with Crippen molar-refractivity contribution < 1.29 is 19.1 Å². The Hall–Kier alpha value is -2.11. The van der Waals surface area contributed by atoms with Crippen LogP contribution in [-0.4, -0.2) is 31.1 Å². The molecular formula is C10H12N2O4. The molecule has 1 rings (SSSR count). The quantitative estimate of drug-likeness (QED) is 0.572. The predicted octanol–water partition coefficient (Wildman–Crippen LogP) is -0.121. The molecule has 0 saturated carbocycles. The van der Waals surface area contributed by atoms with Crippen molar-refractivity contribution in [2.24, 2.45) is 0 Å². The molecule has 0 spiro atoms. The number of hydrogen-bond donors (Lipinski definition) is 1. The normalized spacial score (nSPS) is 9.38. The van der Waals surface area contributed by atoms with Crippen molar-refractivity contribution >= 4 is 11.9 Å². The van der Waals surface area contributed by atoms with Crippen LogP contribution in [0.2, 0.25) is 0 Å². The van der Waals surface area contributed by atoms with Gasteiger partial charge in [-0.05, 0) is 5.56 Å². The van der Waals surface area contributed by atoms with E-state index in [4.69, 9.17) is 4.74 Å². The van der Waals surface area contributed by atoms with E-state index in [2.05, 4.69) is 15.0 Å². The number of carbonyl (C=O) groups excluding carboxylic acids is 2. The Bertz CT molecular complexity index is 375. The lowest BCUT2D eigenvalue weighted by Gasteiger charge is -2.04. The summed E-state index contributed by atoms with van der Waals surface area (Å²) in [6, 6.07) is 3.41. The summed E-state index contributed by atoms with van der Waals surface area (Å²) in [6.45, 7) is 0.213. The summed E-state index contributed by atoms with van der Waals surface area (Å²) in [7, 11) is 2.66. The third kappa shape index (κ3) is 3.23. The molecule has 0 aliphatic rings. The van der Waals surface area contributed by atoms with Gasteiger partial charge in [0.15, 0.2) is 0 Å². The number of pyridine rings is 1. The lowest BCUT2D eigenvalue weighted by Crippen LogP contribution is -2.31. The highest BCUT2D eigenvalue weighted by Gasteiger charge is 2.12. The van der Waals surface area contributed by atoms with Crippen LogP contribution >= 0.6 is 0 Å². The summed E-state index contributed by atoms with van der Waals surface area (Å²) in [5.74, 6) is -1.21. The predicted molar refractivity (Wildman–Crippen MR) is 54.7 cm³/mol. The molecule has 1 aromatic heterocycles. The van der Waals surface area contributed by atoms with Crippen molar-refractivity contribution in [2.45, 2.75) is 6.54 Å². The molecular weight excluding hydrogens is 212 g/mol. The van der Waals surface area contributed by atoms with E-state index >= 15 is 0 Å². The molecule has 86 valence electrons. The zero-order chi connectivity index (χ0) is 12.0. The zero-order valence-corrected chi connectivity index (χ0v) is 9.02. The molecule has 1 N–H and O–H groups in total. The molecule has 0 saturated heterocycles. The molecule has 0 aliphatic carbocycles. The van der Waals surface area contributed by atoms with Gasteiger partial charge in [0, 0.05) is 18.8 Å². The molecule has 16 heavy (non-hydrogen) atoms. The maximum Gasteiger partial charge on any atom is 0.396 e. The second kappa shape index (κ2) is 5.69. The van der Waals surface area contributed by atoms with Gasteiger partial charge in [0.1, 0.15) is 0 Å². The fourth-order valence-electron chi connectivity index (χ4n) is 0.983. The van der Waals surface area contributed by atoms with Crippen molar-refractivity contribution in [3.8, 4) is 5.88 Å². The molecule has 0 unspecified atom stereocenters. The standard InChI is InChI=1S/C10H12N2O4/c1-15-8-4-3-7(5-11-8)6-12-9(13)10(14)16-2/h3-5H,6H2,1-2H3,(H,12,13). The van der Waals surface area contributed by atoms with Crippen molar-refractivity contribution in [1.29, 1.82) is 0 Å². The number of carbonyl (C=O) groups is 2. The van der Waals surface area contributed by atoms with Crippen LogP contribution in [0.15, 0.2) is 18.3 Å². The highest BCUT2D eigenvalue weighted by Crippen LogP contribution is 2.05. The summed E-state index contributed by atoms with van der Waals surface area (Å²) in [6.07, 6.45) is 1.55. The summed E-state index contributed by atoms with van der Waals surface area (Å²) in [5.41, 5.74) is 0.762. The Morgan fingerprint density at radius 3 is 2.62 bits per heavy atom. The van der Waals surface area contributed by atoms with Crippen LogP contribution in [0.4, 0.5) is 0 Å². The number of esters is 1. The van der Waals surface area contributed by atoms with Gasteiger partial charge in [-0.3, -0.25) is 4.79 Å². The van der Waals surface area contributed by atoms with Gasteiger partial charge in [0.05, 0.1) is 14.2 Å². The zero-order valence-electron chi connectivity index (χ0n) is 9.02. The van der Waals surface area contributed by atoms with E-state index in [0.717, 1.165) is 12.7 Å². The Kier molecular flexibility index (Phi) is 4.26. The second-order valence-corrected chi connectivity index (χ2v) is 2.88. The molecule has 1 heterocycles. The van der Waals surface area contributed by atoms with Crippen LogP contribution in [0.5, 0.6) is 5.88 Å². The maximum absolute atomic E-state index is 11.0. The van der Waals surface area contributed by atoms with Gasteiger partial charge in [-0.25, -0.2) is 9.78 Å². The number of nitrogens with zero attached hydrogens (tertiary/aromatic N) is 1. The summed E-state index contributed by atoms with van der Waals surface area (Å²) < 4.78 is 9.13. The van der Waals surface area contributed by atoms with Gasteiger partial charge in [-0.15, -0.1) is 0 Å². The van der Waals surface area contributed by atoms with Crippen LogP contribution in [0.1, 0.15) is 5.56 Å². The van der Waals surface area contributed by atoms with Gasteiger partial charge < -0.3 is 14.8 Å². The van der Waals surface area contributed by atoms with Crippen molar-refractivity contribution in [3.05, 3.63) is 23.9 Å². The molecule has 0 radical (unpaired) electrons. The van der Waals surface area contributed by atoms with Gasteiger partial charge in [0.2, 0.25) is 5.88 Å². The molecule has 0 aromatic carbocycles. The Labute approximate surface area is 92.6 Å². The summed E-state index contributed by atoms with van der Waals surface area (Å²) >= 11 is 0. The third-order valence-electron chi connectivity index (χ3n) is 1.83. The molecule has 6 nitrogen and oxygen atoms in total. The molecule has 0 aliphatic heterocycles. The SMILES string of the molecule is COC(=O)C(=O)NCc1ccc(OC)nc1. The average Bonchev–Trinajstić information content (AvgIpc) is 2.35. The van der Waals surface area contributed by atoms with Gasteiger partial charge in [-0.1, -0.05) is 6.07 Å². The molecule has 1 amide bonds. The monoisotopic (exact) mass is 224 g/mol. The topological polar surface area (TPSA) is 77.5 Å². The summed E-state index contributed by atoms with van der Waals surface area (Å²) in [4.78, 5) is 25.8. The number of methoxy groups -OCH3 is 2. The first-order valence-electron chi connectivity index (χ1n) is 4.52. The smallest absolute Gasteiger partial charge is 0.396 e. The van der Waals surface area contributed by atoms with Gasteiger partial charge in [-0.2, -0.15) is 0 Å². The van der Waals surface area contributed by atoms with Crippen molar-refractivity contribution in [2.75, 3.05) is 14.2 Å². The molecule has 0 bridgehead atoms. The number of rotatable bonds is 3. The van der Waals surface area contributed by atoms with Crippen LogP contribution in [0, 0.1) is 0 Å². The highest BCUT2D eigenvalue weighted by molar-refractivity contribution is 6.32. The Balaban J connectivity index is 2.48. The van der Waals surface area contributed by atoms with E-state index in [1.54, 1.807) is 18.3 Å². The number of hydrogen-bond acceptors (Lipinski definition) is 5. The van der Waals surface area contributed by atoms with Gasteiger partial charge in [0.25, 0.3) is 0 Å². The van der Waals surface area contributed by atoms with E-state index in [-0.39, 0.29) is 6.54 Å². The lowest BCUT2D eigenvalue weighted by molar-refractivity contribution is -0.152. The summed E-state index contributed by atoms with van der Waals surface area (Å²) in [5, 5.41) is 2.39. The van der Waals surface area contributed by atoms with Crippen LogP contribution < -0.4 is 10.1 Å². The van der Waals surface area contributed by atoms with E-state index < -0.39 is 11.9 Å². The second-order valence-electron chi connectivity index (χ2n) is 2.88. The minimum absolute atomic E-state index is 0.213. The first-order valence-corrected chi connectivity index (χ1v) is 4.52. The maximum atomic E-state index is 11.0. The van der Waals surface area contributed by atoms with Crippen LogP contribution in [0.25, 0.3) is 0 Å². The Morgan fingerprint density at radius 1 is 1.38 bits per heavy atom. The number of aromatic nitrogens is 1. The first kappa shape index (κ1) is 12.0. The van der Waals surface area contributed by atoms with Gasteiger partial charge >= 0.3 is 11.9 Å². The van der Waals surface area contributed by atoms with Crippen molar-refractivity contribution in [3.63, 3.8) is 0 Å². The van der Waals surface area contributed by atoms with E-state index in [1.807, 2.05) is 0 Å². The first-order chi connectivity index (χ1) is 7.67. The molecule has 1 aromatic rings. The number of amides is 1. The number of ether oxygens (including phenoxy) is 2. The van der Waals surface area contributed by atoms with Crippen LogP contribution in [0.3, 0.4) is 0 Å². The van der Waals surface area contributed by atoms with E-state index in [0.29, 0.717) is 5.88 Å². The van der Waals surface area contributed by atoms with E-state index in [9.17, 15) is 9.59 Å². The number of nitrogens with one attached hydrogen (secondary N) is 1. The average molecular weight is 224 g/mol. The van der Waals surface area contributed by atoms with Crippen LogP contribution in [-0.2, 0) is 20.9 Å². The Morgan fingerprint density at radius 2 is 2.12 bits per heavy atom. The van der Waals surface area contributed by atoms with E-state index in [1.165, 1.54) is 7.11 Å². The molecule has 6 heteroatoms. The third-order valence-corrected chi connectivity index (χ3v) is 1.83. The van der Waals surface area contributed by atoms with Crippen molar-refractivity contribution in [1.82, 2.24) is 10.3 Å². The minimum atomic E-state index is -0.915. The highest BCUT2D eigenvalue weighted by atomic mass is 16.5. The lowest BCUT2D eigenvalue weighted by atomic mass is 10.3. The molecule has 0 fully saturated rings. The fourth-order valence-corrected chi connectivity index (χ4v) is 0.983. The fraction of sp³-hybridized carbons (Fsp3) is 0.300.